The Bertz CT molecular complexity index is 607. The number of rotatable bonds is 3. The number of nitrogens with one attached hydrogen (secondary N) is 1. The van der Waals surface area contributed by atoms with Crippen molar-refractivity contribution < 1.29 is 0 Å². The third kappa shape index (κ3) is 2.25. The molecule has 0 amide bonds. The molecule has 0 radical (unpaired) electrons. The Morgan fingerprint density at radius 3 is 2.40 bits per heavy atom. The highest BCUT2D eigenvalue weighted by Crippen LogP contribution is 2.40. The first-order valence-electron chi connectivity index (χ1n) is 7.04. The average molecular weight is 267 g/mol. The van der Waals surface area contributed by atoms with Crippen LogP contribution in [-0.4, -0.2) is 14.1 Å². The van der Waals surface area contributed by atoms with Gasteiger partial charge in [0.25, 0.3) is 0 Å². The van der Waals surface area contributed by atoms with Gasteiger partial charge in [-0.25, -0.2) is 0 Å². The van der Waals surface area contributed by atoms with Crippen molar-refractivity contribution in [3.8, 4) is 0 Å². The maximum atomic E-state index is 6.24. The molecule has 1 aliphatic rings. The van der Waals surface area contributed by atoms with E-state index >= 15 is 0 Å². The topological polar surface area (TPSA) is 41.3 Å². The van der Waals surface area contributed by atoms with Gasteiger partial charge in [0.05, 0.1) is 17.4 Å². The second-order valence-electron chi connectivity index (χ2n) is 5.58. The number of para-hydroxylation sites is 2. The maximum absolute atomic E-state index is 6.24. The van der Waals surface area contributed by atoms with Gasteiger partial charge in [0.1, 0.15) is 0 Å². The first-order valence-corrected chi connectivity index (χ1v) is 7.04. The molecular formula is C17H21N3. The number of hydrogen-bond donors (Lipinski definition) is 2. The maximum Gasteiger partial charge on any atom is 0.0596 e. The summed E-state index contributed by atoms with van der Waals surface area (Å²) in [6.45, 7) is 0. The smallest absolute Gasteiger partial charge is 0.0596 e. The highest BCUT2D eigenvalue weighted by Gasteiger charge is 2.28. The molecule has 3 heteroatoms. The van der Waals surface area contributed by atoms with E-state index in [0.717, 1.165) is 12.1 Å². The van der Waals surface area contributed by atoms with Crippen LogP contribution in [0.15, 0.2) is 48.5 Å². The third-order valence-corrected chi connectivity index (χ3v) is 3.98. The zero-order chi connectivity index (χ0) is 14.1. The summed E-state index contributed by atoms with van der Waals surface area (Å²) in [5, 5.41) is 3.66. The second kappa shape index (κ2) is 5.17. The van der Waals surface area contributed by atoms with Gasteiger partial charge >= 0.3 is 0 Å². The summed E-state index contributed by atoms with van der Waals surface area (Å²) in [5.74, 6) is 0. The summed E-state index contributed by atoms with van der Waals surface area (Å²) in [7, 11) is 4.13. The summed E-state index contributed by atoms with van der Waals surface area (Å²) >= 11 is 0. The molecule has 0 saturated heterocycles. The van der Waals surface area contributed by atoms with Crippen LogP contribution < -0.4 is 16.0 Å². The van der Waals surface area contributed by atoms with Crippen LogP contribution in [0.1, 0.15) is 29.6 Å². The minimum Gasteiger partial charge on any atom is -0.376 e. The van der Waals surface area contributed by atoms with Crippen molar-refractivity contribution in [3.63, 3.8) is 0 Å². The summed E-state index contributed by atoms with van der Waals surface area (Å²) < 4.78 is 0. The normalized spacial score (nSPS) is 20.6. The fourth-order valence-corrected chi connectivity index (χ4v) is 2.98. The molecule has 2 aromatic rings. The lowest BCUT2D eigenvalue weighted by Gasteiger charge is -2.22. The van der Waals surface area contributed by atoms with Gasteiger partial charge in [0, 0.05) is 20.1 Å². The minimum atomic E-state index is 0.134. The molecule has 1 aliphatic carbocycles. The lowest BCUT2D eigenvalue weighted by molar-refractivity contribution is 0.648. The summed E-state index contributed by atoms with van der Waals surface area (Å²) in [6, 6.07) is 17.3. The molecule has 0 heterocycles. The van der Waals surface area contributed by atoms with E-state index < -0.39 is 0 Å². The van der Waals surface area contributed by atoms with Crippen LogP contribution >= 0.6 is 0 Å². The van der Waals surface area contributed by atoms with Crippen molar-refractivity contribution in [2.75, 3.05) is 24.3 Å². The van der Waals surface area contributed by atoms with E-state index in [1.54, 1.807) is 0 Å². The van der Waals surface area contributed by atoms with E-state index in [0.29, 0.717) is 6.04 Å². The molecule has 0 aliphatic heterocycles. The van der Waals surface area contributed by atoms with Crippen molar-refractivity contribution in [2.24, 2.45) is 5.73 Å². The molecule has 0 fully saturated rings. The largest absolute Gasteiger partial charge is 0.376 e. The molecule has 2 atom stereocenters. The first-order chi connectivity index (χ1) is 9.66. The monoisotopic (exact) mass is 267 g/mol. The molecule has 3 nitrogen and oxygen atoms in total. The van der Waals surface area contributed by atoms with Crippen molar-refractivity contribution in [2.45, 2.75) is 18.5 Å². The molecule has 3 rings (SSSR count). The van der Waals surface area contributed by atoms with Crippen molar-refractivity contribution >= 4 is 11.4 Å². The Hall–Kier alpha value is -2.00. The summed E-state index contributed by atoms with van der Waals surface area (Å²) in [4.78, 5) is 2.13. The van der Waals surface area contributed by atoms with Crippen LogP contribution in [0.2, 0.25) is 0 Å². The molecule has 2 unspecified atom stereocenters. The molecule has 0 saturated carbocycles. The van der Waals surface area contributed by atoms with Crippen LogP contribution in [0, 0.1) is 0 Å². The van der Waals surface area contributed by atoms with Crippen molar-refractivity contribution in [1.29, 1.82) is 0 Å². The zero-order valence-corrected chi connectivity index (χ0v) is 12.0. The van der Waals surface area contributed by atoms with Crippen LogP contribution in [-0.2, 0) is 0 Å². The zero-order valence-electron chi connectivity index (χ0n) is 12.0. The third-order valence-electron chi connectivity index (χ3n) is 3.98. The Morgan fingerprint density at radius 1 is 1.00 bits per heavy atom. The Kier molecular flexibility index (Phi) is 3.36. The summed E-state index contributed by atoms with van der Waals surface area (Å²) in [6.07, 6.45) is 0.946. The number of anilines is 2. The van der Waals surface area contributed by atoms with Crippen LogP contribution in [0.25, 0.3) is 0 Å². The predicted molar refractivity (Wildman–Crippen MR) is 85.1 cm³/mol. The standard InChI is InChI=1S/C17H21N3/c1-20(2)17-10-6-5-9-15(17)19-16-11-14(18)12-7-3-4-8-13(12)16/h3-10,14,16,19H,11,18H2,1-2H3. The lowest BCUT2D eigenvalue weighted by atomic mass is 10.1. The fraction of sp³-hybridized carbons (Fsp3) is 0.294. The SMILES string of the molecule is CN(C)c1ccccc1NC1CC(N)c2ccccc21. The molecule has 20 heavy (non-hydrogen) atoms. The van der Waals surface area contributed by atoms with Gasteiger partial charge in [-0.3, -0.25) is 0 Å². The number of fused-ring (bicyclic) bond motifs is 1. The number of hydrogen-bond acceptors (Lipinski definition) is 3. The predicted octanol–water partition coefficient (Wildman–Crippen LogP) is 3.31. The molecule has 0 spiro atoms. The van der Waals surface area contributed by atoms with Gasteiger partial charge in [0.15, 0.2) is 0 Å². The van der Waals surface area contributed by atoms with E-state index in [1.807, 2.05) is 0 Å². The Balaban J connectivity index is 1.90. The quantitative estimate of drug-likeness (QED) is 0.896. The Labute approximate surface area is 120 Å². The lowest BCUT2D eigenvalue weighted by Crippen LogP contribution is -2.15. The fourth-order valence-electron chi connectivity index (χ4n) is 2.98. The van der Waals surface area contributed by atoms with Crippen molar-refractivity contribution in [3.05, 3.63) is 59.7 Å². The van der Waals surface area contributed by atoms with Gasteiger partial charge in [-0.1, -0.05) is 36.4 Å². The van der Waals surface area contributed by atoms with E-state index in [9.17, 15) is 0 Å². The van der Waals surface area contributed by atoms with Crippen LogP contribution in [0.4, 0.5) is 11.4 Å². The average Bonchev–Trinajstić information content (AvgIpc) is 2.76. The number of nitrogens with two attached hydrogens (primary N) is 1. The van der Waals surface area contributed by atoms with Gasteiger partial charge in [-0.05, 0) is 29.7 Å². The molecule has 0 bridgehead atoms. The second-order valence-corrected chi connectivity index (χ2v) is 5.58. The van der Waals surface area contributed by atoms with Gasteiger partial charge in [-0.2, -0.15) is 0 Å². The molecule has 3 N–H and O–H groups in total. The van der Waals surface area contributed by atoms with E-state index in [-0.39, 0.29) is 6.04 Å². The van der Waals surface area contributed by atoms with Gasteiger partial charge in [-0.15, -0.1) is 0 Å². The number of benzene rings is 2. The van der Waals surface area contributed by atoms with E-state index in [4.69, 9.17) is 5.73 Å². The molecule has 2 aromatic carbocycles. The van der Waals surface area contributed by atoms with Crippen LogP contribution in [0.3, 0.4) is 0 Å². The summed E-state index contributed by atoms with van der Waals surface area (Å²) in [5.41, 5.74) is 11.2. The van der Waals surface area contributed by atoms with Gasteiger partial charge in [0.2, 0.25) is 0 Å². The first kappa shape index (κ1) is 13.0. The molecule has 104 valence electrons. The van der Waals surface area contributed by atoms with Gasteiger partial charge < -0.3 is 16.0 Å². The Morgan fingerprint density at radius 2 is 1.65 bits per heavy atom. The number of nitrogens with zero attached hydrogens (tertiary/aromatic N) is 1. The highest BCUT2D eigenvalue weighted by molar-refractivity contribution is 5.70. The minimum absolute atomic E-state index is 0.134. The highest BCUT2D eigenvalue weighted by atomic mass is 15.1. The van der Waals surface area contributed by atoms with Crippen LogP contribution in [0.5, 0.6) is 0 Å². The molecule has 0 aromatic heterocycles. The van der Waals surface area contributed by atoms with E-state index in [2.05, 4.69) is 72.8 Å². The van der Waals surface area contributed by atoms with E-state index in [1.165, 1.54) is 16.8 Å². The molecular weight excluding hydrogens is 246 g/mol. The van der Waals surface area contributed by atoms with Crippen molar-refractivity contribution in [1.82, 2.24) is 0 Å².